The summed E-state index contributed by atoms with van der Waals surface area (Å²) in [7, 11) is 1.84. The molecule has 0 spiro atoms. The van der Waals surface area contributed by atoms with Crippen LogP contribution in [0.15, 0.2) is 12.3 Å². The minimum Gasteiger partial charge on any atom is -0.289 e. The predicted octanol–water partition coefficient (Wildman–Crippen LogP) is 2.04. The molecule has 0 aromatic carbocycles. The van der Waals surface area contributed by atoms with Gasteiger partial charge in [-0.1, -0.05) is 6.42 Å². The number of likely N-dealkylation sites (tertiary alicyclic amines) is 1. The van der Waals surface area contributed by atoms with Gasteiger partial charge in [0.1, 0.15) is 0 Å². The molecule has 1 unspecified atom stereocenters. The lowest BCUT2D eigenvalue weighted by molar-refractivity contribution is -0.000864. The molecule has 1 fully saturated rings. The lowest BCUT2D eigenvalue weighted by atomic mass is 10.0. The third-order valence-corrected chi connectivity index (χ3v) is 3.24. The number of nitrogens with zero attached hydrogens (tertiary/aromatic N) is 3. The summed E-state index contributed by atoms with van der Waals surface area (Å²) in [5.74, 6) is 0. The van der Waals surface area contributed by atoms with E-state index in [-0.39, 0.29) is 0 Å². The summed E-state index contributed by atoms with van der Waals surface area (Å²) >= 11 is 0. The Balaban J connectivity index is 2.04. The Morgan fingerprint density at radius 1 is 1.50 bits per heavy atom. The molecule has 1 atom stereocenters. The van der Waals surface area contributed by atoms with Crippen LogP contribution in [0, 0.1) is 0 Å². The van der Waals surface area contributed by atoms with Gasteiger partial charge in [-0.15, -0.1) is 0 Å². The molecule has 1 saturated heterocycles. The van der Waals surface area contributed by atoms with Crippen molar-refractivity contribution in [2.24, 2.45) is 7.05 Å². The van der Waals surface area contributed by atoms with E-state index in [0.717, 1.165) is 25.1 Å². The van der Waals surface area contributed by atoms with Crippen LogP contribution in [0.1, 0.15) is 25.0 Å². The number of alkyl halides is 2. The van der Waals surface area contributed by atoms with Crippen molar-refractivity contribution >= 4 is 0 Å². The highest BCUT2D eigenvalue weighted by Gasteiger charge is 2.30. The molecule has 16 heavy (non-hydrogen) atoms. The number of rotatable bonds is 3. The summed E-state index contributed by atoms with van der Waals surface area (Å²) in [5, 5.41) is 4.05. The van der Waals surface area contributed by atoms with E-state index in [9.17, 15) is 8.78 Å². The van der Waals surface area contributed by atoms with E-state index in [1.165, 1.54) is 0 Å². The van der Waals surface area contributed by atoms with E-state index in [0.29, 0.717) is 13.0 Å². The van der Waals surface area contributed by atoms with E-state index in [4.69, 9.17) is 0 Å². The molecule has 1 aliphatic heterocycles. The van der Waals surface area contributed by atoms with Gasteiger partial charge in [0.2, 0.25) is 0 Å². The Hall–Kier alpha value is -0.970. The zero-order chi connectivity index (χ0) is 11.5. The van der Waals surface area contributed by atoms with Gasteiger partial charge in [-0.25, -0.2) is 8.78 Å². The highest BCUT2D eigenvalue weighted by atomic mass is 19.3. The molecule has 3 nitrogen and oxygen atoms in total. The standard InChI is InChI=1S/C11H17F2N3/c1-15-9(5-6-14-15)8-16-7-3-2-4-10(16)11(12)13/h5-6,10-11H,2-4,7-8H2,1H3. The lowest BCUT2D eigenvalue weighted by Crippen LogP contribution is -2.43. The van der Waals surface area contributed by atoms with Gasteiger partial charge >= 0.3 is 0 Å². The zero-order valence-electron chi connectivity index (χ0n) is 9.44. The number of aryl methyl sites for hydroxylation is 1. The smallest absolute Gasteiger partial charge is 0.253 e. The fourth-order valence-electron chi connectivity index (χ4n) is 2.26. The molecule has 0 bridgehead atoms. The van der Waals surface area contributed by atoms with E-state index >= 15 is 0 Å². The molecule has 0 aliphatic carbocycles. The second-order valence-electron chi connectivity index (χ2n) is 4.31. The minimum absolute atomic E-state index is 0.575. The van der Waals surface area contributed by atoms with Crippen LogP contribution in [-0.4, -0.2) is 33.7 Å². The topological polar surface area (TPSA) is 21.1 Å². The zero-order valence-corrected chi connectivity index (χ0v) is 9.44. The molecule has 0 saturated carbocycles. The van der Waals surface area contributed by atoms with Crippen LogP contribution in [-0.2, 0) is 13.6 Å². The van der Waals surface area contributed by atoms with E-state index in [2.05, 4.69) is 5.10 Å². The van der Waals surface area contributed by atoms with Gasteiger partial charge in [0, 0.05) is 19.8 Å². The molecule has 0 N–H and O–H groups in total. The number of piperidine rings is 1. The molecule has 1 aromatic heterocycles. The van der Waals surface area contributed by atoms with Gasteiger partial charge in [0.25, 0.3) is 6.43 Å². The second kappa shape index (κ2) is 4.91. The summed E-state index contributed by atoms with van der Waals surface area (Å²) in [6, 6.07) is 1.31. The molecule has 0 amide bonds. The maximum atomic E-state index is 12.8. The number of aromatic nitrogens is 2. The first kappa shape index (κ1) is 11.5. The van der Waals surface area contributed by atoms with Crippen LogP contribution in [0.5, 0.6) is 0 Å². The van der Waals surface area contributed by atoms with E-state index in [1.807, 2.05) is 18.0 Å². The summed E-state index contributed by atoms with van der Waals surface area (Å²) in [6.07, 6.45) is 2.00. The largest absolute Gasteiger partial charge is 0.289 e. The third-order valence-electron chi connectivity index (χ3n) is 3.24. The van der Waals surface area contributed by atoms with Gasteiger partial charge in [0.05, 0.1) is 11.7 Å². The van der Waals surface area contributed by atoms with Crippen molar-refractivity contribution in [2.75, 3.05) is 6.54 Å². The summed E-state index contributed by atoms with van der Waals surface area (Å²) in [4.78, 5) is 1.88. The maximum Gasteiger partial charge on any atom is 0.253 e. The number of halogens is 2. The molecule has 1 aliphatic rings. The Morgan fingerprint density at radius 3 is 2.94 bits per heavy atom. The first-order valence-electron chi connectivity index (χ1n) is 5.67. The van der Waals surface area contributed by atoms with Crippen LogP contribution in [0.25, 0.3) is 0 Å². The first-order chi connectivity index (χ1) is 7.68. The average molecular weight is 229 g/mol. The molecule has 1 aromatic rings. The fourth-order valence-corrected chi connectivity index (χ4v) is 2.26. The molecule has 5 heteroatoms. The summed E-state index contributed by atoms with van der Waals surface area (Å²) in [5.41, 5.74) is 0.993. The van der Waals surface area contributed by atoms with Gasteiger partial charge < -0.3 is 0 Å². The number of hydrogen-bond acceptors (Lipinski definition) is 2. The van der Waals surface area contributed by atoms with Crippen LogP contribution in [0.2, 0.25) is 0 Å². The van der Waals surface area contributed by atoms with Crippen molar-refractivity contribution in [2.45, 2.75) is 38.3 Å². The quantitative estimate of drug-likeness (QED) is 0.791. The predicted molar refractivity (Wildman–Crippen MR) is 57.3 cm³/mol. The van der Waals surface area contributed by atoms with Crippen LogP contribution >= 0.6 is 0 Å². The Morgan fingerprint density at radius 2 is 2.31 bits per heavy atom. The lowest BCUT2D eigenvalue weighted by Gasteiger charge is -2.34. The summed E-state index contributed by atoms with van der Waals surface area (Å²) in [6.45, 7) is 1.34. The second-order valence-corrected chi connectivity index (χ2v) is 4.31. The monoisotopic (exact) mass is 229 g/mol. The average Bonchev–Trinajstić information content (AvgIpc) is 2.65. The highest BCUT2D eigenvalue weighted by Crippen LogP contribution is 2.23. The molecular formula is C11H17F2N3. The van der Waals surface area contributed by atoms with E-state index in [1.54, 1.807) is 10.9 Å². The fraction of sp³-hybridized carbons (Fsp3) is 0.727. The van der Waals surface area contributed by atoms with Crippen molar-refractivity contribution in [1.29, 1.82) is 0 Å². The van der Waals surface area contributed by atoms with Gasteiger partial charge in [0.15, 0.2) is 0 Å². The molecule has 0 radical (unpaired) electrons. The summed E-state index contributed by atoms with van der Waals surface area (Å²) < 4.78 is 27.4. The third kappa shape index (κ3) is 2.40. The van der Waals surface area contributed by atoms with Crippen molar-refractivity contribution in [3.05, 3.63) is 18.0 Å². The van der Waals surface area contributed by atoms with Crippen molar-refractivity contribution in [1.82, 2.24) is 14.7 Å². The number of hydrogen-bond donors (Lipinski definition) is 0. The van der Waals surface area contributed by atoms with Crippen LogP contribution in [0.3, 0.4) is 0 Å². The van der Waals surface area contributed by atoms with Crippen LogP contribution < -0.4 is 0 Å². The van der Waals surface area contributed by atoms with E-state index < -0.39 is 12.5 Å². The highest BCUT2D eigenvalue weighted by molar-refractivity contribution is 5.00. The van der Waals surface area contributed by atoms with Crippen LogP contribution in [0.4, 0.5) is 8.78 Å². The SMILES string of the molecule is Cn1nccc1CN1CCCCC1C(F)F. The van der Waals surface area contributed by atoms with Gasteiger partial charge in [-0.3, -0.25) is 9.58 Å². The molecule has 2 heterocycles. The molecule has 90 valence electrons. The minimum atomic E-state index is -2.24. The first-order valence-corrected chi connectivity index (χ1v) is 5.67. The van der Waals surface area contributed by atoms with Gasteiger partial charge in [-0.05, 0) is 25.5 Å². The maximum absolute atomic E-state index is 12.8. The Bertz CT molecular complexity index is 338. The van der Waals surface area contributed by atoms with Crippen molar-refractivity contribution in [3.63, 3.8) is 0 Å². The Labute approximate surface area is 94.0 Å². The van der Waals surface area contributed by atoms with Crippen molar-refractivity contribution < 1.29 is 8.78 Å². The molecular weight excluding hydrogens is 212 g/mol. The normalized spacial score (nSPS) is 22.9. The molecule has 2 rings (SSSR count). The Kier molecular flexibility index (Phi) is 3.53. The van der Waals surface area contributed by atoms with Crippen molar-refractivity contribution in [3.8, 4) is 0 Å². The van der Waals surface area contributed by atoms with Gasteiger partial charge in [-0.2, -0.15) is 5.10 Å².